The Kier molecular flexibility index (Phi) is 2.57. The summed E-state index contributed by atoms with van der Waals surface area (Å²) in [5, 5.41) is 12.9. The van der Waals surface area contributed by atoms with E-state index >= 15 is 0 Å². The van der Waals surface area contributed by atoms with Crippen molar-refractivity contribution in [1.82, 2.24) is 10.3 Å². The summed E-state index contributed by atoms with van der Waals surface area (Å²) < 4.78 is 0. The standard InChI is InChI=1S/C10H14N2O/c13-10-3-6-12-9(10)7-8-1-4-11-5-2-8/h1-2,4-5,9-10,12-13H,3,6-7H2. The van der Waals surface area contributed by atoms with Gasteiger partial charge in [-0.1, -0.05) is 0 Å². The van der Waals surface area contributed by atoms with Crippen LogP contribution in [0.2, 0.25) is 0 Å². The van der Waals surface area contributed by atoms with E-state index < -0.39 is 0 Å². The van der Waals surface area contributed by atoms with Crippen LogP contribution in [0.15, 0.2) is 24.5 Å². The molecule has 2 N–H and O–H groups in total. The van der Waals surface area contributed by atoms with Gasteiger partial charge in [-0.2, -0.15) is 0 Å². The van der Waals surface area contributed by atoms with Gasteiger partial charge in [-0.3, -0.25) is 4.98 Å². The normalized spacial score (nSPS) is 27.8. The van der Waals surface area contributed by atoms with E-state index in [2.05, 4.69) is 10.3 Å². The molecule has 1 aromatic heterocycles. The molecule has 2 rings (SSSR count). The summed E-state index contributed by atoms with van der Waals surface area (Å²) in [7, 11) is 0. The number of nitrogens with one attached hydrogen (secondary N) is 1. The molecule has 0 saturated carbocycles. The average Bonchev–Trinajstić information content (AvgIpc) is 2.54. The zero-order valence-corrected chi connectivity index (χ0v) is 7.48. The number of pyridine rings is 1. The molecular weight excluding hydrogens is 164 g/mol. The molecule has 0 amide bonds. The second kappa shape index (κ2) is 3.85. The van der Waals surface area contributed by atoms with E-state index in [0.717, 1.165) is 19.4 Å². The fourth-order valence-corrected chi connectivity index (χ4v) is 1.73. The minimum atomic E-state index is -0.187. The Balaban J connectivity index is 1.98. The van der Waals surface area contributed by atoms with Gasteiger partial charge in [0.2, 0.25) is 0 Å². The van der Waals surface area contributed by atoms with Gasteiger partial charge in [0.25, 0.3) is 0 Å². The summed E-state index contributed by atoms with van der Waals surface area (Å²) >= 11 is 0. The predicted molar refractivity (Wildman–Crippen MR) is 50.4 cm³/mol. The lowest BCUT2D eigenvalue weighted by Gasteiger charge is -2.14. The lowest BCUT2D eigenvalue weighted by Crippen LogP contribution is -2.32. The van der Waals surface area contributed by atoms with Crippen LogP contribution in [0.1, 0.15) is 12.0 Å². The molecule has 1 aliphatic heterocycles. The van der Waals surface area contributed by atoms with E-state index in [-0.39, 0.29) is 12.1 Å². The topological polar surface area (TPSA) is 45.1 Å². The first-order chi connectivity index (χ1) is 6.36. The highest BCUT2D eigenvalue weighted by Crippen LogP contribution is 2.11. The highest BCUT2D eigenvalue weighted by Gasteiger charge is 2.24. The van der Waals surface area contributed by atoms with Gasteiger partial charge < -0.3 is 10.4 Å². The molecule has 13 heavy (non-hydrogen) atoms. The number of rotatable bonds is 2. The summed E-state index contributed by atoms with van der Waals surface area (Å²) in [6, 6.07) is 4.21. The number of aliphatic hydroxyl groups is 1. The first kappa shape index (κ1) is 8.66. The monoisotopic (exact) mass is 178 g/mol. The number of hydrogen-bond acceptors (Lipinski definition) is 3. The van der Waals surface area contributed by atoms with Crippen molar-refractivity contribution < 1.29 is 5.11 Å². The third kappa shape index (κ3) is 2.05. The molecule has 1 fully saturated rings. The minimum absolute atomic E-state index is 0.187. The minimum Gasteiger partial charge on any atom is -0.391 e. The molecule has 3 nitrogen and oxygen atoms in total. The van der Waals surface area contributed by atoms with Crippen LogP contribution in [-0.4, -0.2) is 28.8 Å². The molecule has 0 aromatic carbocycles. The maximum absolute atomic E-state index is 9.57. The first-order valence-electron chi connectivity index (χ1n) is 4.66. The van der Waals surface area contributed by atoms with Crippen molar-refractivity contribution in [2.45, 2.75) is 25.0 Å². The fourth-order valence-electron chi connectivity index (χ4n) is 1.73. The number of aliphatic hydroxyl groups excluding tert-OH is 1. The Morgan fingerprint density at radius 1 is 1.46 bits per heavy atom. The Hall–Kier alpha value is -0.930. The summed E-state index contributed by atoms with van der Waals surface area (Å²) in [5.74, 6) is 0. The van der Waals surface area contributed by atoms with Crippen molar-refractivity contribution in [2.75, 3.05) is 6.54 Å². The second-order valence-corrected chi connectivity index (χ2v) is 3.48. The third-order valence-electron chi connectivity index (χ3n) is 2.52. The van der Waals surface area contributed by atoms with Crippen LogP contribution in [0.4, 0.5) is 0 Å². The van der Waals surface area contributed by atoms with Crippen molar-refractivity contribution in [3.63, 3.8) is 0 Å². The molecule has 2 unspecified atom stereocenters. The lowest BCUT2D eigenvalue weighted by molar-refractivity contribution is 0.159. The molecule has 0 bridgehead atoms. The molecular formula is C10H14N2O. The van der Waals surface area contributed by atoms with Crippen LogP contribution in [0.5, 0.6) is 0 Å². The Morgan fingerprint density at radius 2 is 2.23 bits per heavy atom. The van der Waals surface area contributed by atoms with Gasteiger partial charge in [0.05, 0.1) is 6.10 Å². The van der Waals surface area contributed by atoms with Gasteiger partial charge in [0.1, 0.15) is 0 Å². The summed E-state index contributed by atoms with van der Waals surface area (Å²) in [6.45, 7) is 0.927. The Bertz CT molecular complexity index is 263. The van der Waals surface area contributed by atoms with Crippen LogP contribution in [0.25, 0.3) is 0 Å². The highest BCUT2D eigenvalue weighted by atomic mass is 16.3. The quantitative estimate of drug-likeness (QED) is 0.686. The molecule has 1 saturated heterocycles. The van der Waals surface area contributed by atoms with Gasteiger partial charge in [0.15, 0.2) is 0 Å². The SMILES string of the molecule is OC1CCNC1Cc1ccncc1. The fraction of sp³-hybridized carbons (Fsp3) is 0.500. The van der Waals surface area contributed by atoms with Crippen molar-refractivity contribution in [3.8, 4) is 0 Å². The van der Waals surface area contributed by atoms with E-state index in [1.54, 1.807) is 12.4 Å². The first-order valence-corrected chi connectivity index (χ1v) is 4.66. The maximum atomic E-state index is 9.57. The van der Waals surface area contributed by atoms with Gasteiger partial charge in [-0.15, -0.1) is 0 Å². The zero-order chi connectivity index (χ0) is 9.10. The average molecular weight is 178 g/mol. The van der Waals surface area contributed by atoms with E-state index in [1.165, 1.54) is 5.56 Å². The molecule has 3 heteroatoms. The largest absolute Gasteiger partial charge is 0.391 e. The van der Waals surface area contributed by atoms with E-state index in [0.29, 0.717) is 0 Å². The molecule has 0 spiro atoms. The number of hydrogen-bond donors (Lipinski definition) is 2. The third-order valence-corrected chi connectivity index (χ3v) is 2.52. The smallest absolute Gasteiger partial charge is 0.0708 e. The molecule has 0 aliphatic carbocycles. The molecule has 1 aromatic rings. The van der Waals surface area contributed by atoms with Crippen LogP contribution in [0, 0.1) is 0 Å². The van der Waals surface area contributed by atoms with Crippen molar-refractivity contribution in [2.24, 2.45) is 0 Å². The number of nitrogens with zero attached hydrogens (tertiary/aromatic N) is 1. The predicted octanol–water partition coefficient (Wildman–Crippen LogP) is 0.347. The van der Waals surface area contributed by atoms with Crippen LogP contribution in [-0.2, 0) is 6.42 Å². The Labute approximate surface area is 77.8 Å². The summed E-state index contributed by atoms with van der Waals surface area (Å²) in [4.78, 5) is 3.96. The van der Waals surface area contributed by atoms with Crippen molar-refractivity contribution in [1.29, 1.82) is 0 Å². The molecule has 0 radical (unpaired) electrons. The van der Waals surface area contributed by atoms with E-state index in [9.17, 15) is 5.11 Å². The van der Waals surface area contributed by atoms with Gasteiger partial charge in [0, 0.05) is 18.4 Å². The second-order valence-electron chi connectivity index (χ2n) is 3.48. The lowest BCUT2D eigenvalue weighted by atomic mass is 10.0. The summed E-state index contributed by atoms with van der Waals surface area (Å²) in [5.41, 5.74) is 1.23. The van der Waals surface area contributed by atoms with Gasteiger partial charge >= 0.3 is 0 Å². The molecule has 70 valence electrons. The zero-order valence-electron chi connectivity index (χ0n) is 7.48. The van der Waals surface area contributed by atoms with Crippen LogP contribution < -0.4 is 5.32 Å². The van der Waals surface area contributed by atoms with Gasteiger partial charge in [-0.05, 0) is 37.1 Å². The highest BCUT2D eigenvalue weighted by molar-refractivity contribution is 5.12. The van der Waals surface area contributed by atoms with E-state index in [4.69, 9.17) is 0 Å². The van der Waals surface area contributed by atoms with E-state index in [1.807, 2.05) is 12.1 Å². The molecule has 2 atom stereocenters. The number of aromatic nitrogens is 1. The van der Waals surface area contributed by atoms with Crippen molar-refractivity contribution >= 4 is 0 Å². The Morgan fingerprint density at radius 3 is 2.85 bits per heavy atom. The van der Waals surface area contributed by atoms with Crippen LogP contribution >= 0.6 is 0 Å². The molecule has 1 aliphatic rings. The molecule has 2 heterocycles. The summed E-state index contributed by atoms with van der Waals surface area (Å²) in [6.07, 6.45) is 5.15. The van der Waals surface area contributed by atoms with Crippen molar-refractivity contribution in [3.05, 3.63) is 30.1 Å². The maximum Gasteiger partial charge on any atom is 0.0708 e. The van der Waals surface area contributed by atoms with Gasteiger partial charge in [-0.25, -0.2) is 0 Å². The van der Waals surface area contributed by atoms with Crippen LogP contribution in [0.3, 0.4) is 0 Å².